The van der Waals surface area contributed by atoms with Crippen molar-refractivity contribution in [3.05, 3.63) is 60.1 Å². The lowest BCUT2D eigenvalue weighted by Gasteiger charge is -2.29. The van der Waals surface area contributed by atoms with Crippen LogP contribution in [0, 0.1) is 17.8 Å². The van der Waals surface area contributed by atoms with Crippen molar-refractivity contribution in [3.63, 3.8) is 0 Å². The number of rotatable bonds is 8. The SMILES string of the molecule is COc1cccc2[nH]c(C(=O)N3C[C@@H]4CCC[C@@H]4[C@H]3C(=O)N[C@@H](C[C@@H]3CCNC3=O)C(=O)c3nc4ccccc4o3)cc12. The number of ether oxygens (including phenoxy) is 1. The van der Waals surface area contributed by atoms with Crippen LogP contribution in [0.5, 0.6) is 5.75 Å². The predicted molar refractivity (Wildman–Crippen MR) is 157 cm³/mol. The fourth-order valence-electron chi connectivity index (χ4n) is 7.20. The molecule has 3 fully saturated rings. The molecule has 3 amide bonds. The van der Waals surface area contributed by atoms with Gasteiger partial charge in [0.05, 0.1) is 13.2 Å². The molecule has 1 aliphatic carbocycles. The third-order valence-electron chi connectivity index (χ3n) is 9.32. The Balaban J connectivity index is 1.18. The third-order valence-corrected chi connectivity index (χ3v) is 9.32. The molecule has 11 heteroatoms. The zero-order valence-electron chi connectivity index (χ0n) is 23.8. The lowest BCUT2D eigenvalue weighted by atomic mass is 9.92. The maximum Gasteiger partial charge on any atom is 0.271 e. The normalized spacial score (nSPS) is 23.8. The molecular formula is C32H33N5O6. The van der Waals surface area contributed by atoms with Gasteiger partial charge in [-0.3, -0.25) is 19.2 Å². The molecule has 2 aliphatic heterocycles. The highest BCUT2D eigenvalue weighted by atomic mass is 16.5. The maximum absolute atomic E-state index is 14.1. The average Bonchev–Trinajstić information content (AvgIpc) is 3.83. The Hall–Kier alpha value is -4.67. The Bertz CT molecular complexity index is 1710. The van der Waals surface area contributed by atoms with Gasteiger partial charge in [-0.25, -0.2) is 4.98 Å². The summed E-state index contributed by atoms with van der Waals surface area (Å²) in [6, 6.07) is 12.6. The van der Waals surface area contributed by atoms with Crippen molar-refractivity contribution in [3.8, 4) is 5.75 Å². The Morgan fingerprint density at radius 3 is 2.79 bits per heavy atom. The molecule has 4 aromatic rings. The number of aromatic amines is 1. The van der Waals surface area contributed by atoms with Gasteiger partial charge < -0.3 is 29.7 Å². The number of carbonyl (C=O) groups excluding carboxylic acids is 4. The number of aromatic nitrogens is 2. The van der Waals surface area contributed by atoms with Crippen molar-refractivity contribution in [2.75, 3.05) is 20.2 Å². The molecule has 2 aromatic heterocycles. The van der Waals surface area contributed by atoms with E-state index in [4.69, 9.17) is 9.15 Å². The zero-order valence-corrected chi connectivity index (χ0v) is 23.8. The van der Waals surface area contributed by atoms with Crippen LogP contribution in [-0.4, -0.2) is 70.7 Å². The minimum Gasteiger partial charge on any atom is -0.496 e. The second-order valence-electron chi connectivity index (χ2n) is 11.8. The number of methoxy groups -OCH3 is 1. The fraction of sp³-hybridized carbons (Fsp3) is 0.406. The minimum atomic E-state index is -1.04. The quantitative estimate of drug-likeness (QED) is 0.269. The molecule has 2 saturated heterocycles. The first-order valence-corrected chi connectivity index (χ1v) is 14.9. The van der Waals surface area contributed by atoms with Crippen molar-refractivity contribution < 1.29 is 28.3 Å². The van der Waals surface area contributed by atoms with E-state index in [1.54, 1.807) is 42.3 Å². The number of nitrogens with zero attached hydrogens (tertiary/aromatic N) is 2. The van der Waals surface area contributed by atoms with Crippen LogP contribution in [0.3, 0.4) is 0 Å². The second kappa shape index (κ2) is 10.9. The topological polar surface area (TPSA) is 147 Å². The van der Waals surface area contributed by atoms with Gasteiger partial charge in [0, 0.05) is 29.9 Å². The Labute approximate surface area is 247 Å². The van der Waals surface area contributed by atoms with Crippen molar-refractivity contribution in [1.29, 1.82) is 0 Å². The summed E-state index contributed by atoms with van der Waals surface area (Å²) in [5.41, 5.74) is 2.14. The number of carbonyl (C=O) groups is 4. The summed E-state index contributed by atoms with van der Waals surface area (Å²) in [5.74, 6) is -1.03. The largest absolute Gasteiger partial charge is 0.496 e. The summed E-state index contributed by atoms with van der Waals surface area (Å²) >= 11 is 0. The van der Waals surface area contributed by atoms with Crippen LogP contribution < -0.4 is 15.4 Å². The molecule has 11 nitrogen and oxygen atoms in total. The third kappa shape index (κ3) is 4.82. The molecule has 5 atom stereocenters. The maximum atomic E-state index is 14.1. The van der Waals surface area contributed by atoms with Crippen LogP contribution >= 0.6 is 0 Å². The van der Waals surface area contributed by atoms with Crippen LogP contribution in [0.2, 0.25) is 0 Å². The molecule has 0 unspecified atom stereocenters. The van der Waals surface area contributed by atoms with E-state index in [1.165, 1.54) is 0 Å². The van der Waals surface area contributed by atoms with Gasteiger partial charge in [-0.15, -0.1) is 0 Å². The molecule has 0 bridgehead atoms. The van der Waals surface area contributed by atoms with Gasteiger partial charge in [0.1, 0.15) is 23.0 Å². The number of likely N-dealkylation sites (tertiary alicyclic amines) is 1. The molecule has 1 saturated carbocycles. The van der Waals surface area contributed by atoms with Gasteiger partial charge in [0.15, 0.2) is 5.58 Å². The van der Waals surface area contributed by atoms with Crippen LogP contribution in [0.1, 0.15) is 53.3 Å². The second-order valence-corrected chi connectivity index (χ2v) is 11.8. The first-order valence-electron chi connectivity index (χ1n) is 14.9. The molecule has 4 heterocycles. The Kier molecular flexibility index (Phi) is 6.87. The molecular weight excluding hydrogens is 550 g/mol. The standard InChI is InChI=1S/C32H33N5O6/c1-42-25-11-5-9-21-20(25)15-24(34-21)32(41)37-16-18-6-4-7-19(18)27(37)30(40)35-23(14-17-12-13-33-29(17)39)28(38)31-36-22-8-2-3-10-26(22)43-31/h2-3,5,8-11,15,17-19,23,27,34H,4,6-7,12-14,16H2,1H3,(H,33,39)(H,35,40)/t17-,18-,19-,23-,27-/m0/s1. The number of nitrogens with one attached hydrogen (secondary N) is 3. The van der Waals surface area contributed by atoms with Crippen molar-refractivity contribution in [2.45, 2.75) is 44.2 Å². The van der Waals surface area contributed by atoms with Crippen molar-refractivity contribution >= 4 is 45.5 Å². The van der Waals surface area contributed by atoms with Crippen LogP contribution in [0.4, 0.5) is 0 Å². The molecule has 7 rings (SSSR count). The highest BCUT2D eigenvalue weighted by Crippen LogP contribution is 2.43. The fourth-order valence-corrected chi connectivity index (χ4v) is 7.20. The summed E-state index contributed by atoms with van der Waals surface area (Å²) in [5, 5.41) is 6.54. The van der Waals surface area contributed by atoms with Gasteiger partial charge >= 0.3 is 0 Å². The van der Waals surface area contributed by atoms with E-state index in [0.29, 0.717) is 42.1 Å². The van der Waals surface area contributed by atoms with E-state index in [0.717, 1.165) is 30.2 Å². The van der Waals surface area contributed by atoms with E-state index in [-0.39, 0.29) is 36.0 Å². The smallest absolute Gasteiger partial charge is 0.271 e. The van der Waals surface area contributed by atoms with E-state index in [1.807, 2.05) is 18.2 Å². The lowest BCUT2D eigenvalue weighted by Crippen LogP contribution is -2.53. The molecule has 43 heavy (non-hydrogen) atoms. The number of oxazole rings is 1. The number of fused-ring (bicyclic) bond motifs is 3. The Morgan fingerprint density at radius 1 is 1.14 bits per heavy atom. The monoisotopic (exact) mass is 583 g/mol. The lowest BCUT2D eigenvalue weighted by molar-refractivity contribution is -0.127. The number of amides is 3. The van der Waals surface area contributed by atoms with E-state index in [9.17, 15) is 19.2 Å². The Morgan fingerprint density at radius 2 is 2.00 bits per heavy atom. The molecule has 3 aliphatic rings. The predicted octanol–water partition coefficient (Wildman–Crippen LogP) is 3.45. The van der Waals surface area contributed by atoms with Crippen molar-refractivity contribution in [1.82, 2.24) is 25.5 Å². The van der Waals surface area contributed by atoms with Crippen LogP contribution in [0.15, 0.2) is 52.9 Å². The van der Waals surface area contributed by atoms with Gasteiger partial charge in [-0.05, 0) is 67.9 Å². The summed E-state index contributed by atoms with van der Waals surface area (Å²) in [7, 11) is 1.58. The molecule has 3 N–H and O–H groups in total. The van der Waals surface area contributed by atoms with Gasteiger partial charge in [-0.2, -0.15) is 0 Å². The summed E-state index contributed by atoms with van der Waals surface area (Å²) in [4.78, 5) is 63.6. The summed E-state index contributed by atoms with van der Waals surface area (Å²) < 4.78 is 11.2. The number of Topliss-reactive ketones (excluding diaryl/α,β-unsaturated/α-hetero) is 1. The minimum absolute atomic E-state index is 0.0160. The van der Waals surface area contributed by atoms with Crippen LogP contribution in [0.25, 0.3) is 22.0 Å². The number of ketones is 1. The zero-order chi connectivity index (χ0) is 29.7. The summed E-state index contributed by atoms with van der Waals surface area (Å²) in [6.45, 7) is 0.980. The molecule has 0 radical (unpaired) electrons. The highest BCUT2D eigenvalue weighted by molar-refractivity contribution is 6.04. The van der Waals surface area contributed by atoms with Gasteiger partial charge in [0.25, 0.3) is 11.8 Å². The number of para-hydroxylation sites is 2. The van der Waals surface area contributed by atoms with Gasteiger partial charge in [-0.1, -0.05) is 24.6 Å². The van der Waals surface area contributed by atoms with Crippen LogP contribution in [-0.2, 0) is 9.59 Å². The number of hydrogen-bond donors (Lipinski definition) is 3. The molecule has 0 spiro atoms. The molecule has 2 aromatic carbocycles. The summed E-state index contributed by atoms with van der Waals surface area (Å²) in [6.07, 6.45) is 3.42. The van der Waals surface area contributed by atoms with Crippen molar-refractivity contribution in [2.24, 2.45) is 17.8 Å². The highest BCUT2D eigenvalue weighted by Gasteiger charge is 2.50. The van der Waals surface area contributed by atoms with E-state index in [2.05, 4.69) is 20.6 Å². The first-order chi connectivity index (χ1) is 20.9. The number of benzene rings is 2. The average molecular weight is 584 g/mol. The van der Waals surface area contributed by atoms with Gasteiger partial charge in [0.2, 0.25) is 17.6 Å². The number of H-pyrrole nitrogens is 1. The van der Waals surface area contributed by atoms with E-state index >= 15 is 0 Å². The number of hydrogen-bond acceptors (Lipinski definition) is 7. The molecule has 222 valence electrons. The van der Waals surface area contributed by atoms with E-state index < -0.39 is 29.7 Å². The first kappa shape index (κ1) is 27.2.